The summed E-state index contributed by atoms with van der Waals surface area (Å²) in [5.41, 5.74) is 3.03. The Balaban J connectivity index is 1.38. The molecule has 1 aliphatic carbocycles. The number of piperazine rings is 1. The highest BCUT2D eigenvalue weighted by Gasteiger charge is 2.30. The number of H-pyrrole nitrogens is 1. The third-order valence-corrected chi connectivity index (χ3v) is 7.21. The largest absolute Gasteiger partial charge is 0.349 e. The van der Waals surface area contributed by atoms with E-state index in [9.17, 15) is 14.0 Å². The van der Waals surface area contributed by atoms with Crippen molar-refractivity contribution >= 4 is 28.4 Å². The fourth-order valence-corrected chi connectivity index (χ4v) is 5.28. The number of hydrogen-bond donors (Lipinski definition) is 2. The Bertz CT molecular complexity index is 1190. The number of anilines is 1. The number of aromatic nitrogens is 1. The van der Waals surface area contributed by atoms with Crippen LogP contribution in [-0.2, 0) is 0 Å². The van der Waals surface area contributed by atoms with Crippen LogP contribution in [0.25, 0.3) is 10.9 Å². The van der Waals surface area contributed by atoms with Gasteiger partial charge in [0.1, 0.15) is 11.5 Å². The number of carbonyl (C=O) groups is 2. The second-order valence-corrected chi connectivity index (χ2v) is 9.51. The van der Waals surface area contributed by atoms with Crippen molar-refractivity contribution in [3.63, 3.8) is 0 Å². The summed E-state index contributed by atoms with van der Waals surface area (Å²) >= 11 is 0. The lowest BCUT2D eigenvalue weighted by Gasteiger charge is -2.40. The summed E-state index contributed by atoms with van der Waals surface area (Å²) in [7, 11) is 0. The summed E-state index contributed by atoms with van der Waals surface area (Å²) in [5, 5.41) is 3.72. The smallest absolute Gasteiger partial charge is 0.272 e. The lowest BCUT2D eigenvalue weighted by atomic mass is 9.94. The van der Waals surface area contributed by atoms with Gasteiger partial charge in [0.25, 0.3) is 11.8 Å². The van der Waals surface area contributed by atoms with E-state index >= 15 is 0 Å². The molecular formula is C27H31FN4O2. The van der Waals surface area contributed by atoms with Crippen LogP contribution in [0.4, 0.5) is 10.1 Å². The van der Waals surface area contributed by atoms with E-state index in [1.807, 2.05) is 30.0 Å². The Morgan fingerprint density at radius 2 is 1.68 bits per heavy atom. The van der Waals surface area contributed by atoms with Crippen LogP contribution in [0.15, 0.2) is 42.5 Å². The fourth-order valence-electron chi connectivity index (χ4n) is 5.28. The molecule has 178 valence electrons. The summed E-state index contributed by atoms with van der Waals surface area (Å²) in [6.07, 6.45) is 6.45. The second-order valence-electron chi connectivity index (χ2n) is 9.51. The van der Waals surface area contributed by atoms with Crippen LogP contribution in [0.5, 0.6) is 0 Å². The Morgan fingerprint density at radius 1 is 0.971 bits per heavy atom. The van der Waals surface area contributed by atoms with Crippen molar-refractivity contribution in [2.24, 2.45) is 0 Å². The predicted molar refractivity (Wildman–Crippen MR) is 132 cm³/mol. The van der Waals surface area contributed by atoms with E-state index in [4.69, 9.17) is 0 Å². The number of halogens is 1. The summed E-state index contributed by atoms with van der Waals surface area (Å²) < 4.78 is 13.3. The minimum Gasteiger partial charge on any atom is -0.349 e. The van der Waals surface area contributed by atoms with E-state index in [-0.39, 0.29) is 11.8 Å². The molecule has 2 aromatic carbocycles. The van der Waals surface area contributed by atoms with Crippen LogP contribution in [0.2, 0.25) is 0 Å². The summed E-state index contributed by atoms with van der Waals surface area (Å²) in [6.45, 7) is 5.09. The molecule has 0 unspecified atom stereocenters. The quantitative estimate of drug-likeness (QED) is 0.576. The number of nitrogens with zero attached hydrogens (tertiary/aromatic N) is 2. The molecule has 7 heteroatoms. The van der Waals surface area contributed by atoms with E-state index in [2.05, 4.69) is 15.2 Å². The van der Waals surface area contributed by atoms with Crippen molar-refractivity contribution < 1.29 is 14.0 Å². The van der Waals surface area contributed by atoms with Crippen LogP contribution in [0, 0.1) is 12.7 Å². The number of aromatic amines is 1. The minimum absolute atomic E-state index is 0.105. The number of fused-ring (bicyclic) bond motifs is 1. The zero-order chi connectivity index (χ0) is 23.7. The number of hydrogen-bond acceptors (Lipinski definition) is 3. The molecule has 5 rings (SSSR count). The lowest BCUT2D eigenvalue weighted by Crippen LogP contribution is -2.52. The highest BCUT2D eigenvalue weighted by Crippen LogP contribution is 2.31. The molecule has 34 heavy (non-hydrogen) atoms. The van der Waals surface area contributed by atoms with Crippen molar-refractivity contribution in [1.29, 1.82) is 0 Å². The van der Waals surface area contributed by atoms with Crippen LogP contribution in [0.1, 0.15) is 58.5 Å². The maximum Gasteiger partial charge on any atom is 0.272 e. The van der Waals surface area contributed by atoms with Gasteiger partial charge >= 0.3 is 0 Å². The third-order valence-electron chi connectivity index (χ3n) is 7.21. The number of nitrogens with one attached hydrogen (secondary N) is 2. The van der Waals surface area contributed by atoms with Crippen LogP contribution in [0.3, 0.4) is 0 Å². The molecular weight excluding hydrogens is 431 g/mol. The molecule has 2 N–H and O–H groups in total. The maximum absolute atomic E-state index is 13.6. The molecule has 2 heterocycles. The first-order chi connectivity index (χ1) is 16.5. The molecule has 6 nitrogen and oxygen atoms in total. The van der Waals surface area contributed by atoms with E-state index in [0.717, 1.165) is 29.6 Å². The number of benzene rings is 2. The Kier molecular flexibility index (Phi) is 6.37. The average molecular weight is 463 g/mol. The average Bonchev–Trinajstić information content (AvgIpc) is 3.22. The topological polar surface area (TPSA) is 68.4 Å². The van der Waals surface area contributed by atoms with Crippen molar-refractivity contribution in [1.82, 2.24) is 14.8 Å². The fraction of sp³-hybridized carbons (Fsp3) is 0.407. The first-order valence-electron chi connectivity index (χ1n) is 12.2. The molecule has 1 aromatic heterocycles. The van der Waals surface area contributed by atoms with Gasteiger partial charge in [-0.25, -0.2) is 4.39 Å². The van der Waals surface area contributed by atoms with Crippen LogP contribution >= 0.6 is 0 Å². The molecule has 1 saturated heterocycles. The molecule has 0 bridgehead atoms. The molecule has 0 atom stereocenters. The summed E-state index contributed by atoms with van der Waals surface area (Å²) in [5.74, 6) is -0.882. The Hall–Kier alpha value is -3.19. The van der Waals surface area contributed by atoms with E-state index in [1.54, 1.807) is 0 Å². The molecule has 3 aromatic rings. The number of aryl methyl sites for hydroxylation is 1. The van der Waals surface area contributed by atoms with Crippen molar-refractivity contribution in [3.05, 3.63) is 65.1 Å². The van der Waals surface area contributed by atoms with Crippen molar-refractivity contribution in [3.8, 4) is 0 Å². The van der Waals surface area contributed by atoms with Gasteiger partial charge in [-0.3, -0.25) is 14.5 Å². The lowest BCUT2D eigenvalue weighted by molar-refractivity contribution is 0.0520. The van der Waals surface area contributed by atoms with Gasteiger partial charge in [0, 0.05) is 48.7 Å². The monoisotopic (exact) mass is 462 g/mol. The number of amides is 2. The number of carbonyl (C=O) groups excluding carboxylic acids is 2. The molecule has 2 fully saturated rings. The highest BCUT2D eigenvalue weighted by atomic mass is 19.1. The number of rotatable bonds is 4. The zero-order valence-electron chi connectivity index (χ0n) is 19.6. The normalized spacial score (nSPS) is 17.8. The molecule has 0 spiro atoms. The van der Waals surface area contributed by atoms with Gasteiger partial charge in [0.15, 0.2) is 0 Å². The van der Waals surface area contributed by atoms with Gasteiger partial charge in [-0.1, -0.05) is 30.9 Å². The predicted octanol–water partition coefficient (Wildman–Crippen LogP) is 4.96. The molecule has 2 amide bonds. The first kappa shape index (κ1) is 22.6. The van der Waals surface area contributed by atoms with Gasteiger partial charge in [-0.15, -0.1) is 0 Å². The highest BCUT2D eigenvalue weighted by molar-refractivity contribution is 6.15. The molecule has 2 aliphatic rings. The van der Waals surface area contributed by atoms with E-state index in [1.165, 1.54) is 56.4 Å². The second kappa shape index (κ2) is 9.58. The minimum atomic E-state index is -0.400. The van der Waals surface area contributed by atoms with Gasteiger partial charge in [0.2, 0.25) is 0 Å². The summed E-state index contributed by atoms with van der Waals surface area (Å²) in [6, 6.07) is 11.9. The Morgan fingerprint density at radius 3 is 2.38 bits per heavy atom. The maximum atomic E-state index is 13.6. The first-order valence-corrected chi connectivity index (χ1v) is 12.2. The van der Waals surface area contributed by atoms with Crippen molar-refractivity contribution in [2.75, 3.05) is 31.5 Å². The van der Waals surface area contributed by atoms with Crippen LogP contribution < -0.4 is 5.32 Å². The Labute approximate surface area is 199 Å². The molecule has 1 saturated carbocycles. The SMILES string of the molecule is Cc1ccc2[nH]c(C(=O)N3CCN(C4CCCCC4)CC3)c(NC(=O)c3ccc(F)cc3)c2c1. The zero-order valence-corrected chi connectivity index (χ0v) is 19.6. The van der Waals surface area contributed by atoms with E-state index in [0.29, 0.717) is 36.1 Å². The molecule has 1 aliphatic heterocycles. The molecule has 0 radical (unpaired) electrons. The third kappa shape index (κ3) is 4.57. The van der Waals surface area contributed by atoms with Gasteiger partial charge in [-0.2, -0.15) is 0 Å². The van der Waals surface area contributed by atoms with E-state index < -0.39 is 5.82 Å². The standard InChI is InChI=1S/C27H31FN4O2/c1-18-7-12-23-22(17-18)24(30-26(33)19-8-10-20(28)11-9-19)25(29-23)27(34)32-15-13-31(14-16-32)21-5-3-2-4-6-21/h7-12,17,21,29H,2-6,13-16H2,1H3,(H,30,33). The van der Waals surface area contributed by atoms with Gasteiger partial charge in [-0.05, 0) is 56.2 Å². The van der Waals surface area contributed by atoms with Gasteiger partial charge in [0.05, 0.1) is 5.69 Å². The summed E-state index contributed by atoms with van der Waals surface area (Å²) in [4.78, 5) is 34.2. The van der Waals surface area contributed by atoms with Gasteiger partial charge < -0.3 is 15.2 Å². The van der Waals surface area contributed by atoms with Crippen molar-refractivity contribution in [2.45, 2.75) is 45.1 Å². The van der Waals surface area contributed by atoms with Crippen LogP contribution in [-0.4, -0.2) is 58.8 Å².